The highest BCUT2D eigenvalue weighted by Crippen LogP contribution is 2.19. The molecule has 0 saturated carbocycles. The van der Waals surface area contributed by atoms with E-state index in [1.54, 1.807) is 30.3 Å². The molecule has 0 aliphatic rings. The number of ether oxygens (including phenoxy) is 1. The third kappa shape index (κ3) is 6.72. The summed E-state index contributed by atoms with van der Waals surface area (Å²) in [6, 6.07) is 19.1. The quantitative estimate of drug-likeness (QED) is 0.475. The standard InChI is InChI=1S/C25H29NO5S/c1-18(2)30-21-13-11-20(12-14-21)10-9-19(3)26-25(27)24-16-15-22(31-24)17-32(28,29)23-7-5-4-6-8-23/h4-8,11-16,18-19H,9-10,17H2,1-3H3,(H,26,27). The van der Waals surface area contributed by atoms with Crippen molar-refractivity contribution in [2.75, 3.05) is 0 Å². The van der Waals surface area contributed by atoms with Crippen LogP contribution >= 0.6 is 0 Å². The number of carbonyl (C=O) groups is 1. The van der Waals surface area contributed by atoms with Crippen LogP contribution < -0.4 is 10.1 Å². The van der Waals surface area contributed by atoms with E-state index in [-0.39, 0.29) is 40.2 Å². The Morgan fingerprint density at radius 3 is 2.31 bits per heavy atom. The predicted molar refractivity (Wildman–Crippen MR) is 123 cm³/mol. The number of hydrogen-bond donors (Lipinski definition) is 1. The van der Waals surface area contributed by atoms with Crippen LogP contribution in [0.2, 0.25) is 0 Å². The third-order valence-corrected chi connectivity index (χ3v) is 6.51. The number of hydrogen-bond acceptors (Lipinski definition) is 5. The number of amides is 1. The maximum absolute atomic E-state index is 12.5. The monoisotopic (exact) mass is 455 g/mol. The molecule has 6 nitrogen and oxygen atoms in total. The highest BCUT2D eigenvalue weighted by Gasteiger charge is 2.20. The largest absolute Gasteiger partial charge is 0.491 e. The number of furan rings is 1. The van der Waals surface area contributed by atoms with E-state index in [2.05, 4.69) is 5.32 Å². The lowest BCUT2D eigenvalue weighted by Crippen LogP contribution is -2.32. The zero-order valence-corrected chi connectivity index (χ0v) is 19.4. The van der Waals surface area contributed by atoms with Crippen molar-refractivity contribution >= 4 is 15.7 Å². The number of benzene rings is 2. The van der Waals surface area contributed by atoms with E-state index in [9.17, 15) is 13.2 Å². The molecule has 1 atom stereocenters. The summed E-state index contributed by atoms with van der Waals surface area (Å²) in [5.41, 5.74) is 1.16. The Morgan fingerprint density at radius 2 is 1.66 bits per heavy atom. The number of nitrogens with one attached hydrogen (secondary N) is 1. The fourth-order valence-electron chi connectivity index (χ4n) is 3.23. The number of sulfone groups is 1. The summed E-state index contributed by atoms with van der Waals surface area (Å²) in [7, 11) is -3.53. The zero-order valence-electron chi connectivity index (χ0n) is 18.6. The molecule has 3 aromatic rings. The molecule has 32 heavy (non-hydrogen) atoms. The van der Waals surface area contributed by atoms with Gasteiger partial charge in [0.15, 0.2) is 15.6 Å². The first-order valence-electron chi connectivity index (χ1n) is 10.7. The molecule has 0 aliphatic heterocycles. The maximum atomic E-state index is 12.5. The van der Waals surface area contributed by atoms with Gasteiger partial charge in [-0.1, -0.05) is 30.3 Å². The Kier molecular flexibility index (Phi) is 7.75. The Morgan fingerprint density at radius 1 is 0.969 bits per heavy atom. The van der Waals surface area contributed by atoms with E-state index in [1.807, 2.05) is 45.0 Å². The van der Waals surface area contributed by atoms with Crippen LogP contribution in [0.5, 0.6) is 5.75 Å². The molecule has 1 aromatic heterocycles. The van der Waals surface area contributed by atoms with Crippen molar-refractivity contribution in [2.45, 2.75) is 56.4 Å². The van der Waals surface area contributed by atoms with E-state index < -0.39 is 9.84 Å². The SMILES string of the molecule is CC(CCc1ccc(OC(C)C)cc1)NC(=O)c1ccc(CS(=O)(=O)c2ccccc2)o1. The van der Waals surface area contributed by atoms with Gasteiger partial charge in [0, 0.05) is 6.04 Å². The van der Waals surface area contributed by atoms with Crippen molar-refractivity contribution < 1.29 is 22.4 Å². The van der Waals surface area contributed by atoms with Crippen LogP contribution in [0.25, 0.3) is 0 Å². The van der Waals surface area contributed by atoms with Gasteiger partial charge < -0.3 is 14.5 Å². The highest BCUT2D eigenvalue weighted by molar-refractivity contribution is 7.90. The second-order valence-corrected chi connectivity index (χ2v) is 10.1. The van der Waals surface area contributed by atoms with Crippen LogP contribution in [0.15, 0.2) is 76.0 Å². The van der Waals surface area contributed by atoms with Crippen LogP contribution in [-0.2, 0) is 22.0 Å². The first-order valence-corrected chi connectivity index (χ1v) is 12.3. The number of carbonyl (C=O) groups excluding carboxylic acids is 1. The van der Waals surface area contributed by atoms with Gasteiger partial charge in [-0.3, -0.25) is 4.79 Å². The minimum absolute atomic E-state index is 0.0734. The van der Waals surface area contributed by atoms with Gasteiger partial charge in [-0.15, -0.1) is 0 Å². The lowest BCUT2D eigenvalue weighted by atomic mass is 10.1. The average Bonchev–Trinajstić information content (AvgIpc) is 3.21. The molecule has 7 heteroatoms. The van der Waals surface area contributed by atoms with E-state index in [0.717, 1.165) is 24.2 Å². The lowest BCUT2D eigenvalue weighted by molar-refractivity contribution is 0.0909. The number of rotatable bonds is 10. The molecule has 0 radical (unpaired) electrons. The van der Waals surface area contributed by atoms with Gasteiger partial charge in [0.25, 0.3) is 5.91 Å². The van der Waals surface area contributed by atoms with Crippen LogP contribution in [0.1, 0.15) is 49.1 Å². The molecule has 0 bridgehead atoms. The molecule has 1 heterocycles. The van der Waals surface area contributed by atoms with Crippen LogP contribution in [0.3, 0.4) is 0 Å². The van der Waals surface area contributed by atoms with Gasteiger partial charge in [0.1, 0.15) is 17.3 Å². The molecule has 1 amide bonds. The van der Waals surface area contributed by atoms with Crippen molar-refractivity contribution in [3.8, 4) is 5.75 Å². The normalized spacial score (nSPS) is 12.5. The van der Waals surface area contributed by atoms with Crippen molar-refractivity contribution in [1.29, 1.82) is 0 Å². The van der Waals surface area contributed by atoms with Crippen molar-refractivity contribution in [2.24, 2.45) is 0 Å². The molecule has 0 aliphatic carbocycles. The first kappa shape index (κ1) is 23.6. The molecule has 3 rings (SSSR count). The molecule has 1 N–H and O–H groups in total. The Labute approximate surface area is 189 Å². The molecule has 0 saturated heterocycles. The van der Waals surface area contributed by atoms with Crippen molar-refractivity contribution in [3.63, 3.8) is 0 Å². The summed E-state index contributed by atoms with van der Waals surface area (Å²) in [6.45, 7) is 5.91. The minimum Gasteiger partial charge on any atom is -0.491 e. The summed E-state index contributed by atoms with van der Waals surface area (Å²) in [6.07, 6.45) is 1.70. The van der Waals surface area contributed by atoms with Gasteiger partial charge in [-0.05, 0) is 75.6 Å². The fourth-order valence-corrected chi connectivity index (χ4v) is 4.50. The van der Waals surface area contributed by atoms with E-state index >= 15 is 0 Å². The summed E-state index contributed by atoms with van der Waals surface area (Å²) >= 11 is 0. The van der Waals surface area contributed by atoms with Gasteiger partial charge >= 0.3 is 0 Å². The summed E-state index contributed by atoms with van der Waals surface area (Å²) in [4.78, 5) is 12.7. The molecular weight excluding hydrogens is 426 g/mol. The fraction of sp³-hybridized carbons (Fsp3) is 0.320. The molecular formula is C25H29NO5S. The first-order chi connectivity index (χ1) is 15.2. The Hall–Kier alpha value is -3.06. The van der Waals surface area contributed by atoms with E-state index in [0.29, 0.717) is 0 Å². The Bertz CT molecular complexity index is 1120. The second kappa shape index (κ2) is 10.5. The topological polar surface area (TPSA) is 85.6 Å². The summed E-state index contributed by atoms with van der Waals surface area (Å²) < 4.78 is 36.1. The third-order valence-electron chi connectivity index (χ3n) is 4.86. The summed E-state index contributed by atoms with van der Waals surface area (Å²) in [5.74, 6) is 0.520. The minimum atomic E-state index is -3.53. The van der Waals surface area contributed by atoms with Gasteiger partial charge in [0.05, 0.1) is 11.0 Å². The van der Waals surface area contributed by atoms with Crippen LogP contribution in [0.4, 0.5) is 0 Å². The smallest absolute Gasteiger partial charge is 0.287 e. The number of aryl methyl sites for hydroxylation is 1. The van der Waals surface area contributed by atoms with Crippen LogP contribution in [-0.4, -0.2) is 26.5 Å². The summed E-state index contributed by atoms with van der Waals surface area (Å²) in [5, 5.41) is 2.90. The van der Waals surface area contributed by atoms with Crippen LogP contribution in [0, 0.1) is 0 Å². The second-order valence-electron chi connectivity index (χ2n) is 8.06. The maximum Gasteiger partial charge on any atom is 0.287 e. The van der Waals surface area contributed by atoms with E-state index in [4.69, 9.17) is 9.15 Å². The molecule has 2 aromatic carbocycles. The molecule has 0 spiro atoms. The Balaban J connectivity index is 1.51. The van der Waals surface area contributed by atoms with Crippen molar-refractivity contribution in [3.05, 3.63) is 83.8 Å². The van der Waals surface area contributed by atoms with Crippen molar-refractivity contribution in [1.82, 2.24) is 5.32 Å². The lowest BCUT2D eigenvalue weighted by Gasteiger charge is -2.14. The van der Waals surface area contributed by atoms with Gasteiger partial charge in [-0.2, -0.15) is 0 Å². The molecule has 170 valence electrons. The average molecular weight is 456 g/mol. The predicted octanol–water partition coefficient (Wildman–Crippen LogP) is 4.79. The zero-order chi connectivity index (χ0) is 23.1. The van der Waals surface area contributed by atoms with Gasteiger partial charge in [0.2, 0.25) is 0 Å². The van der Waals surface area contributed by atoms with Gasteiger partial charge in [-0.25, -0.2) is 8.42 Å². The molecule has 0 fully saturated rings. The van der Waals surface area contributed by atoms with E-state index in [1.165, 1.54) is 12.1 Å². The molecule has 1 unspecified atom stereocenters. The highest BCUT2D eigenvalue weighted by atomic mass is 32.2.